The summed E-state index contributed by atoms with van der Waals surface area (Å²) < 4.78 is 0. The number of aromatic nitrogens is 2. The van der Waals surface area contributed by atoms with Gasteiger partial charge in [0, 0.05) is 37.9 Å². The van der Waals surface area contributed by atoms with E-state index in [1.807, 2.05) is 17.0 Å². The van der Waals surface area contributed by atoms with Gasteiger partial charge in [0.1, 0.15) is 5.82 Å². The normalized spacial score (nSPS) is 21.2. The molecule has 2 aromatic rings. The van der Waals surface area contributed by atoms with E-state index < -0.39 is 5.91 Å². The van der Waals surface area contributed by atoms with Gasteiger partial charge in [0.15, 0.2) is 11.5 Å². The molecule has 204 valence electrons. The van der Waals surface area contributed by atoms with Crippen molar-refractivity contribution in [3.63, 3.8) is 0 Å². The molecule has 3 amide bonds. The molecule has 10 nitrogen and oxygen atoms in total. The first-order chi connectivity index (χ1) is 18.5. The van der Waals surface area contributed by atoms with Gasteiger partial charge >= 0.3 is 6.03 Å². The van der Waals surface area contributed by atoms with Crippen LogP contribution in [0.15, 0.2) is 30.5 Å². The molecular weight excluding hydrogens is 480 g/mol. The van der Waals surface area contributed by atoms with Gasteiger partial charge in [0.25, 0.3) is 5.91 Å². The monoisotopic (exact) mass is 520 g/mol. The Bertz CT molecular complexity index is 1110. The number of likely N-dealkylation sites (tertiary alicyclic amines) is 2. The standard InChI is InChI=1S/C28H40N8O2/c1-34-16-11-21(12-17-34)20-7-9-22(10-8-20)31-27-25(26(29)37)30-18-24(33-27)36-15-5-6-23(19-36)32-28(38)35-13-3-2-4-14-35/h7-10,18,21,23H,2-6,11-17,19H2,1H3,(H2,29,37)(H,31,33)(H,32,38). The number of amides is 3. The minimum Gasteiger partial charge on any atom is -0.364 e. The van der Waals surface area contributed by atoms with Crippen molar-refractivity contribution in [2.75, 3.05) is 56.5 Å². The first-order valence-corrected chi connectivity index (χ1v) is 14.0. The highest BCUT2D eigenvalue weighted by molar-refractivity contribution is 5.96. The van der Waals surface area contributed by atoms with Gasteiger partial charge in [-0.3, -0.25) is 4.79 Å². The van der Waals surface area contributed by atoms with Crippen LogP contribution in [0.5, 0.6) is 0 Å². The molecule has 1 aromatic heterocycles. The second-order valence-corrected chi connectivity index (χ2v) is 10.9. The van der Waals surface area contributed by atoms with Crippen molar-refractivity contribution in [1.82, 2.24) is 25.1 Å². The van der Waals surface area contributed by atoms with Crippen molar-refractivity contribution >= 4 is 29.3 Å². The Labute approximate surface area is 225 Å². The third kappa shape index (κ3) is 6.35. The van der Waals surface area contributed by atoms with Gasteiger partial charge in [-0.2, -0.15) is 0 Å². The van der Waals surface area contributed by atoms with E-state index in [1.54, 1.807) is 6.20 Å². The number of anilines is 3. The summed E-state index contributed by atoms with van der Waals surface area (Å²) in [5, 5.41) is 6.48. The van der Waals surface area contributed by atoms with E-state index in [1.165, 1.54) is 12.0 Å². The van der Waals surface area contributed by atoms with E-state index in [0.29, 0.717) is 24.1 Å². The predicted molar refractivity (Wildman–Crippen MR) is 149 cm³/mol. The minimum absolute atomic E-state index is 0.0257. The molecule has 1 atom stereocenters. The maximum absolute atomic E-state index is 12.7. The van der Waals surface area contributed by atoms with E-state index in [0.717, 1.165) is 76.9 Å². The molecule has 3 fully saturated rings. The first-order valence-electron chi connectivity index (χ1n) is 14.0. The van der Waals surface area contributed by atoms with Gasteiger partial charge in [-0.15, -0.1) is 0 Å². The van der Waals surface area contributed by atoms with E-state index in [9.17, 15) is 9.59 Å². The largest absolute Gasteiger partial charge is 0.364 e. The number of benzene rings is 1. The zero-order valence-corrected chi connectivity index (χ0v) is 22.4. The summed E-state index contributed by atoms with van der Waals surface area (Å²) in [6, 6.07) is 8.43. The number of hydrogen-bond acceptors (Lipinski definition) is 7. The molecule has 0 aliphatic carbocycles. The second-order valence-electron chi connectivity index (χ2n) is 10.9. The van der Waals surface area contributed by atoms with Gasteiger partial charge in [-0.05, 0) is 88.7 Å². The average molecular weight is 521 g/mol. The van der Waals surface area contributed by atoms with Crippen LogP contribution in [0, 0.1) is 0 Å². The summed E-state index contributed by atoms with van der Waals surface area (Å²) in [7, 11) is 2.17. The maximum Gasteiger partial charge on any atom is 0.317 e. The fourth-order valence-corrected chi connectivity index (χ4v) is 5.78. The first kappa shape index (κ1) is 26.2. The lowest BCUT2D eigenvalue weighted by molar-refractivity contribution is 0.0996. The molecule has 5 rings (SSSR count). The van der Waals surface area contributed by atoms with Gasteiger partial charge in [0.05, 0.1) is 6.20 Å². The lowest BCUT2D eigenvalue weighted by Gasteiger charge is -2.36. The van der Waals surface area contributed by atoms with Gasteiger partial charge in [-0.1, -0.05) is 12.1 Å². The molecule has 0 radical (unpaired) electrons. The number of urea groups is 1. The van der Waals surface area contributed by atoms with Crippen molar-refractivity contribution in [3.05, 3.63) is 41.7 Å². The van der Waals surface area contributed by atoms with Crippen molar-refractivity contribution in [2.24, 2.45) is 5.73 Å². The lowest BCUT2D eigenvalue weighted by Crippen LogP contribution is -2.52. The van der Waals surface area contributed by atoms with Crippen molar-refractivity contribution < 1.29 is 9.59 Å². The molecule has 3 aliphatic rings. The lowest BCUT2D eigenvalue weighted by atomic mass is 9.89. The van der Waals surface area contributed by atoms with Crippen LogP contribution < -0.4 is 21.3 Å². The van der Waals surface area contributed by atoms with E-state index in [2.05, 4.69) is 44.6 Å². The Kier molecular flexibility index (Phi) is 8.26. The number of carbonyl (C=O) groups is 2. The van der Waals surface area contributed by atoms with Crippen LogP contribution in [0.2, 0.25) is 0 Å². The Morgan fingerprint density at radius 1 is 0.947 bits per heavy atom. The van der Waals surface area contributed by atoms with E-state index in [4.69, 9.17) is 10.7 Å². The number of hydrogen-bond donors (Lipinski definition) is 3. The number of nitrogens with zero attached hydrogens (tertiary/aromatic N) is 5. The van der Waals surface area contributed by atoms with E-state index >= 15 is 0 Å². The number of rotatable bonds is 6. The zero-order valence-electron chi connectivity index (χ0n) is 22.4. The van der Waals surface area contributed by atoms with Crippen molar-refractivity contribution in [2.45, 2.75) is 56.9 Å². The number of carbonyl (C=O) groups excluding carboxylic acids is 2. The molecular formula is C28H40N8O2. The van der Waals surface area contributed by atoms with Crippen LogP contribution in [0.1, 0.15) is 66.9 Å². The quantitative estimate of drug-likeness (QED) is 0.535. The summed E-state index contributed by atoms with van der Waals surface area (Å²) in [6.45, 7) is 5.36. The van der Waals surface area contributed by atoms with Crippen LogP contribution in [0.25, 0.3) is 0 Å². The summed E-state index contributed by atoms with van der Waals surface area (Å²) in [5.74, 6) is 0.964. The van der Waals surface area contributed by atoms with Crippen LogP contribution in [0.4, 0.5) is 22.1 Å². The molecule has 0 bridgehead atoms. The number of nitrogens with two attached hydrogens (primary N) is 1. The highest BCUT2D eigenvalue weighted by Crippen LogP contribution is 2.29. The highest BCUT2D eigenvalue weighted by atomic mass is 16.2. The highest BCUT2D eigenvalue weighted by Gasteiger charge is 2.26. The minimum atomic E-state index is -0.625. The van der Waals surface area contributed by atoms with Crippen molar-refractivity contribution in [1.29, 1.82) is 0 Å². The average Bonchev–Trinajstić information content (AvgIpc) is 2.94. The topological polar surface area (TPSA) is 120 Å². The third-order valence-corrected chi connectivity index (χ3v) is 8.07. The third-order valence-electron chi connectivity index (χ3n) is 8.07. The Balaban J connectivity index is 1.26. The maximum atomic E-state index is 12.7. The second kappa shape index (κ2) is 12.0. The molecule has 10 heteroatoms. The molecule has 1 unspecified atom stereocenters. The molecule has 4 heterocycles. The van der Waals surface area contributed by atoms with Gasteiger partial charge in [0.2, 0.25) is 0 Å². The fourth-order valence-electron chi connectivity index (χ4n) is 5.78. The molecule has 4 N–H and O–H groups in total. The summed E-state index contributed by atoms with van der Waals surface area (Å²) in [4.78, 5) is 40.4. The predicted octanol–water partition coefficient (Wildman–Crippen LogP) is 3.29. The molecule has 0 saturated carbocycles. The van der Waals surface area contributed by atoms with Crippen LogP contribution in [-0.4, -0.2) is 84.1 Å². The number of nitrogens with one attached hydrogen (secondary N) is 2. The molecule has 3 aliphatic heterocycles. The summed E-state index contributed by atoms with van der Waals surface area (Å²) in [5.41, 5.74) is 7.91. The molecule has 0 spiro atoms. The Hall–Kier alpha value is -3.40. The van der Waals surface area contributed by atoms with Crippen molar-refractivity contribution in [3.8, 4) is 0 Å². The van der Waals surface area contributed by atoms with E-state index in [-0.39, 0.29) is 17.8 Å². The molecule has 3 saturated heterocycles. The van der Waals surface area contributed by atoms with Gasteiger partial charge in [-0.25, -0.2) is 14.8 Å². The zero-order chi connectivity index (χ0) is 26.5. The molecule has 38 heavy (non-hydrogen) atoms. The number of piperidine rings is 3. The van der Waals surface area contributed by atoms with Crippen LogP contribution in [0.3, 0.4) is 0 Å². The number of primary amides is 1. The Morgan fingerprint density at radius 3 is 2.39 bits per heavy atom. The SMILES string of the molecule is CN1CCC(c2ccc(Nc3nc(N4CCCC(NC(=O)N5CCCCC5)C4)cnc3C(N)=O)cc2)CC1. The smallest absolute Gasteiger partial charge is 0.317 e. The van der Waals surface area contributed by atoms with Gasteiger partial charge < -0.3 is 31.1 Å². The summed E-state index contributed by atoms with van der Waals surface area (Å²) in [6.07, 6.45) is 9.13. The van der Waals surface area contributed by atoms with Crippen LogP contribution >= 0.6 is 0 Å². The fraction of sp³-hybridized carbons (Fsp3) is 0.571. The summed E-state index contributed by atoms with van der Waals surface area (Å²) >= 11 is 0. The Morgan fingerprint density at radius 2 is 1.68 bits per heavy atom. The molecule has 1 aromatic carbocycles. The van der Waals surface area contributed by atoms with Crippen LogP contribution in [-0.2, 0) is 0 Å².